The number of hydrogen-bond acceptors (Lipinski definition) is 1. The van der Waals surface area contributed by atoms with E-state index in [1.54, 1.807) is 0 Å². The van der Waals surface area contributed by atoms with E-state index in [-0.39, 0.29) is 17.6 Å². The topological polar surface area (TPSA) is 17.1 Å². The fourth-order valence-electron chi connectivity index (χ4n) is 2.36. The quantitative estimate of drug-likeness (QED) is 0.711. The van der Waals surface area contributed by atoms with Gasteiger partial charge in [-0.3, -0.25) is 4.79 Å². The second kappa shape index (κ2) is 4.70. The van der Waals surface area contributed by atoms with E-state index in [0.29, 0.717) is 0 Å². The molecule has 1 aliphatic carbocycles. The Morgan fingerprint density at radius 3 is 2.35 bits per heavy atom. The maximum Gasteiger partial charge on any atom is 0.166 e. The van der Waals surface area contributed by atoms with Crippen LogP contribution >= 0.6 is 0 Å². The summed E-state index contributed by atoms with van der Waals surface area (Å²) >= 11 is 0. The fraction of sp³-hybridized carbons (Fsp3) is 0.312. The zero-order chi connectivity index (χ0) is 12.4. The Kier molecular flexibility index (Phi) is 3.28. The molecular formula is C16H18O. The third kappa shape index (κ3) is 2.23. The van der Waals surface area contributed by atoms with E-state index in [4.69, 9.17) is 0 Å². The van der Waals surface area contributed by atoms with Crippen LogP contribution in [0.3, 0.4) is 0 Å². The molecule has 0 aromatic heterocycles. The number of hydrogen-bond donors (Lipinski definition) is 0. The largest absolute Gasteiger partial charge is 0.294 e. The number of benzene rings is 1. The van der Waals surface area contributed by atoms with Crippen LogP contribution < -0.4 is 0 Å². The average Bonchev–Trinajstić information content (AvgIpc) is 2.69. The normalized spacial score (nSPS) is 20.8. The van der Waals surface area contributed by atoms with Crippen molar-refractivity contribution in [3.63, 3.8) is 0 Å². The molecule has 1 nitrogen and oxygen atoms in total. The van der Waals surface area contributed by atoms with Gasteiger partial charge in [0.25, 0.3) is 0 Å². The Balaban J connectivity index is 2.20. The number of Topliss-reactive ketones (excluding diaryl/α,β-unsaturated/α-hetero) is 1. The highest BCUT2D eigenvalue weighted by atomic mass is 16.1. The molecule has 0 heterocycles. The van der Waals surface area contributed by atoms with Gasteiger partial charge in [0.2, 0.25) is 0 Å². The minimum Gasteiger partial charge on any atom is -0.294 e. The van der Waals surface area contributed by atoms with Gasteiger partial charge in [0, 0.05) is 17.4 Å². The maximum atomic E-state index is 12.3. The molecule has 17 heavy (non-hydrogen) atoms. The van der Waals surface area contributed by atoms with Gasteiger partial charge in [-0.25, -0.2) is 0 Å². The standard InChI is InChI=1S/C16H18O/c1-11-9-10-15(12(11)2)13(3)16(17)14-7-5-4-6-8-14/h4-10,13,15H,1-3H3. The van der Waals surface area contributed by atoms with Crippen molar-refractivity contribution in [2.45, 2.75) is 20.8 Å². The summed E-state index contributed by atoms with van der Waals surface area (Å²) in [6, 6.07) is 9.55. The molecule has 0 aliphatic heterocycles. The summed E-state index contributed by atoms with van der Waals surface area (Å²) in [5, 5.41) is 0. The van der Waals surface area contributed by atoms with Crippen LogP contribution in [0.5, 0.6) is 0 Å². The highest BCUT2D eigenvalue weighted by molar-refractivity contribution is 5.98. The molecule has 1 aliphatic rings. The van der Waals surface area contributed by atoms with Crippen LogP contribution in [0.15, 0.2) is 53.6 Å². The highest BCUT2D eigenvalue weighted by Gasteiger charge is 2.26. The molecule has 0 radical (unpaired) electrons. The molecule has 2 unspecified atom stereocenters. The second-order valence-corrected chi connectivity index (χ2v) is 4.77. The SMILES string of the molecule is CC1=C(C)C(C(C)C(=O)c2ccccc2)C=C1. The van der Waals surface area contributed by atoms with Gasteiger partial charge in [-0.15, -0.1) is 0 Å². The van der Waals surface area contributed by atoms with Gasteiger partial charge < -0.3 is 0 Å². The van der Waals surface area contributed by atoms with E-state index in [0.717, 1.165) is 5.56 Å². The monoisotopic (exact) mass is 226 g/mol. The van der Waals surface area contributed by atoms with Crippen molar-refractivity contribution in [1.29, 1.82) is 0 Å². The first kappa shape index (κ1) is 11.8. The van der Waals surface area contributed by atoms with E-state index in [2.05, 4.69) is 26.0 Å². The smallest absolute Gasteiger partial charge is 0.166 e. The summed E-state index contributed by atoms with van der Waals surface area (Å²) in [7, 11) is 0. The van der Waals surface area contributed by atoms with Gasteiger partial charge in [0.15, 0.2) is 5.78 Å². The van der Waals surface area contributed by atoms with Crippen molar-refractivity contribution in [2.24, 2.45) is 11.8 Å². The lowest BCUT2D eigenvalue weighted by Crippen LogP contribution is -2.19. The van der Waals surface area contributed by atoms with Gasteiger partial charge in [0.05, 0.1) is 0 Å². The number of carbonyl (C=O) groups is 1. The summed E-state index contributed by atoms with van der Waals surface area (Å²) < 4.78 is 0. The van der Waals surface area contributed by atoms with E-state index in [1.807, 2.05) is 37.3 Å². The number of ketones is 1. The van der Waals surface area contributed by atoms with Crippen LogP contribution in [0.1, 0.15) is 31.1 Å². The molecule has 0 spiro atoms. The molecule has 1 aromatic rings. The summed E-state index contributed by atoms with van der Waals surface area (Å²) in [6.45, 7) is 6.24. The second-order valence-electron chi connectivity index (χ2n) is 4.77. The van der Waals surface area contributed by atoms with Crippen molar-refractivity contribution in [3.8, 4) is 0 Å². The lowest BCUT2D eigenvalue weighted by molar-refractivity contribution is 0.0912. The predicted molar refractivity (Wildman–Crippen MR) is 70.9 cm³/mol. The first-order chi connectivity index (χ1) is 8.11. The van der Waals surface area contributed by atoms with Gasteiger partial charge in [0.1, 0.15) is 0 Å². The first-order valence-electron chi connectivity index (χ1n) is 6.06. The summed E-state index contributed by atoms with van der Waals surface area (Å²) in [4.78, 5) is 12.3. The number of allylic oxidation sites excluding steroid dienone is 4. The molecule has 0 saturated carbocycles. The third-order valence-electron chi connectivity index (χ3n) is 3.69. The molecule has 0 fully saturated rings. The van der Waals surface area contributed by atoms with Crippen LogP contribution in [0.2, 0.25) is 0 Å². The van der Waals surface area contributed by atoms with Crippen LogP contribution in [0.4, 0.5) is 0 Å². The van der Waals surface area contributed by atoms with Crippen molar-refractivity contribution >= 4 is 5.78 Å². The minimum atomic E-state index is 0.0195. The van der Waals surface area contributed by atoms with Gasteiger partial charge in [-0.1, -0.05) is 60.6 Å². The van der Waals surface area contributed by atoms with Crippen LogP contribution in [0.25, 0.3) is 0 Å². The summed E-state index contributed by atoms with van der Waals surface area (Å²) in [5.74, 6) is 0.517. The van der Waals surface area contributed by atoms with Crippen molar-refractivity contribution < 1.29 is 4.79 Å². The Hall–Kier alpha value is -1.63. The van der Waals surface area contributed by atoms with E-state index in [1.165, 1.54) is 11.1 Å². The van der Waals surface area contributed by atoms with Gasteiger partial charge in [-0.05, 0) is 13.8 Å². The van der Waals surface area contributed by atoms with Crippen molar-refractivity contribution in [2.75, 3.05) is 0 Å². The number of carbonyl (C=O) groups excluding carboxylic acids is 1. The first-order valence-corrected chi connectivity index (χ1v) is 6.06. The molecule has 2 atom stereocenters. The van der Waals surface area contributed by atoms with Gasteiger partial charge >= 0.3 is 0 Å². The van der Waals surface area contributed by atoms with E-state index >= 15 is 0 Å². The maximum absolute atomic E-state index is 12.3. The summed E-state index contributed by atoms with van der Waals surface area (Å²) in [6.07, 6.45) is 4.27. The zero-order valence-electron chi connectivity index (χ0n) is 10.6. The van der Waals surface area contributed by atoms with E-state index in [9.17, 15) is 4.79 Å². The van der Waals surface area contributed by atoms with Gasteiger partial charge in [-0.2, -0.15) is 0 Å². The molecule has 0 amide bonds. The predicted octanol–water partition coefficient (Wildman–Crippen LogP) is 4.03. The Labute approximate surface area is 103 Å². The Morgan fingerprint density at radius 1 is 1.18 bits per heavy atom. The molecule has 88 valence electrons. The van der Waals surface area contributed by atoms with Crippen molar-refractivity contribution in [1.82, 2.24) is 0 Å². The Bertz CT molecular complexity index is 480. The summed E-state index contributed by atoms with van der Waals surface area (Å²) in [5.41, 5.74) is 3.43. The lowest BCUT2D eigenvalue weighted by atomic mass is 9.84. The third-order valence-corrected chi connectivity index (χ3v) is 3.69. The molecule has 2 rings (SSSR count). The molecule has 1 heteroatoms. The molecule has 1 aromatic carbocycles. The van der Waals surface area contributed by atoms with Crippen LogP contribution in [-0.4, -0.2) is 5.78 Å². The number of rotatable bonds is 3. The van der Waals surface area contributed by atoms with Crippen LogP contribution in [-0.2, 0) is 0 Å². The Morgan fingerprint density at radius 2 is 1.82 bits per heavy atom. The van der Waals surface area contributed by atoms with Crippen molar-refractivity contribution in [3.05, 3.63) is 59.2 Å². The molecule has 0 bridgehead atoms. The highest BCUT2D eigenvalue weighted by Crippen LogP contribution is 2.32. The molecular weight excluding hydrogens is 208 g/mol. The van der Waals surface area contributed by atoms with Crippen LogP contribution in [0, 0.1) is 11.8 Å². The molecule has 0 N–H and O–H groups in total. The van der Waals surface area contributed by atoms with E-state index < -0.39 is 0 Å². The average molecular weight is 226 g/mol. The molecule has 0 saturated heterocycles. The fourth-order valence-corrected chi connectivity index (χ4v) is 2.36. The lowest BCUT2D eigenvalue weighted by Gasteiger charge is -2.18. The minimum absolute atomic E-state index is 0.0195. The zero-order valence-corrected chi connectivity index (χ0v) is 10.6.